The normalized spacial score (nSPS) is 22.7. The lowest BCUT2D eigenvalue weighted by atomic mass is 9.81. The SMILES string of the molecule is CCCCCCOC1(c2ccccc2CC(C)CC)C=CC(C(=O)O)C=C1. The van der Waals surface area contributed by atoms with Gasteiger partial charge in [0.1, 0.15) is 5.60 Å². The van der Waals surface area contributed by atoms with E-state index in [9.17, 15) is 9.90 Å². The summed E-state index contributed by atoms with van der Waals surface area (Å²) in [4.78, 5) is 11.3. The van der Waals surface area contributed by atoms with Crippen LogP contribution in [0.1, 0.15) is 64.0 Å². The number of aliphatic carboxylic acids is 1. The predicted molar refractivity (Wildman–Crippen MR) is 111 cm³/mol. The monoisotopic (exact) mass is 370 g/mol. The number of hydrogen-bond donors (Lipinski definition) is 1. The first kappa shape index (κ1) is 21.4. The van der Waals surface area contributed by atoms with Crippen LogP contribution >= 0.6 is 0 Å². The van der Waals surface area contributed by atoms with Gasteiger partial charge in [0.05, 0.1) is 5.92 Å². The number of carboxylic acids is 1. The minimum Gasteiger partial charge on any atom is -0.481 e. The largest absolute Gasteiger partial charge is 0.481 e. The molecule has 1 unspecified atom stereocenters. The zero-order valence-electron chi connectivity index (χ0n) is 17.0. The number of ether oxygens (including phenoxy) is 1. The molecule has 148 valence electrons. The molecule has 0 aliphatic heterocycles. The van der Waals surface area contributed by atoms with Crippen LogP contribution in [0.25, 0.3) is 0 Å². The summed E-state index contributed by atoms with van der Waals surface area (Å²) in [6.07, 6.45) is 14.1. The molecule has 0 amide bonds. The Kier molecular flexibility index (Phi) is 8.30. The molecule has 0 bridgehead atoms. The quantitative estimate of drug-likeness (QED) is 0.390. The van der Waals surface area contributed by atoms with Crippen LogP contribution in [0, 0.1) is 11.8 Å². The van der Waals surface area contributed by atoms with Gasteiger partial charge in [-0.25, -0.2) is 0 Å². The molecule has 1 aromatic rings. The van der Waals surface area contributed by atoms with Crippen LogP contribution < -0.4 is 0 Å². The Morgan fingerprint density at radius 3 is 2.48 bits per heavy atom. The molecular formula is C24H34O3. The molecular weight excluding hydrogens is 336 g/mol. The highest BCUT2D eigenvalue weighted by Crippen LogP contribution is 2.36. The number of hydrogen-bond acceptors (Lipinski definition) is 2. The summed E-state index contributed by atoms with van der Waals surface area (Å²) in [7, 11) is 0. The summed E-state index contributed by atoms with van der Waals surface area (Å²) in [5.41, 5.74) is 1.75. The number of benzene rings is 1. The van der Waals surface area contributed by atoms with E-state index in [-0.39, 0.29) is 0 Å². The Labute approximate surface area is 164 Å². The van der Waals surface area contributed by atoms with Crippen molar-refractivity contribution in [3.63, 3.8) is 0 Å². The minimum atomic E-state index is -0.827. The summed E-state index contributed by atoms with van der Waals surface area (Å²) >= 11 is 0. The van der Waals surface area contributed by atoms with E-state index < -0.39 is 17.5 Å². The summed E-state index contributed by atoms with van der Waals surface area (Å²) < 4.78 is 6.42. The Morgan fingerprint density at radius 1 is 1.15 bits per heavy atom. The average molecular weight is 371 g/mol. The third-order valence-electron chi connectivity index (χ3n) is 5.43. The van der Waals surface area contributed by atoms with Gasteiger partial charge in [0, 0.05) is 6.61 Å². The lowest BCUT2D eigenvalue weighted by Gasteiger charge is -2.33. The minimum absolute atomic E-state index is 0.580. The van der Waals surface area contributed by atoms with E-state index in [2.05, 4.69) is 39.0 Å². The van der Waals surface area contributed by atoms with Crippen molar-refractivity contribution in [3.05, 3.63) is 59.7 Å². The van der Waals surface area contributed by atoms with Gasteiger partial charge in [-0.15, -0.1) is 0 Å². The van der Waals surface area contributed by atoms with Gasteiger partial charge in [0.15, 0.2) is 0 Å². The maximum absolute atomic E-state index is 11.3. The van der Waals surface area contributed by atoms with Crippen LogP contribution in [0.2, 0.25) is 0 Å². The molecule has 0 saturated carbocycles. The molecule has 1 N–H and O–H groups in total. The van der Waals surface area contributed by atoms with Crippen LogP contribution in [0.3, 0.4) is 0 Å². The van der Waals surface area contributed by atoms with Gasteiger partial charge in [0.25, 0.3) is 0 Å². The fourth-order valence-corrected chi connectivity index (χ4v) is 3.50. The average Bonchev–Trinajstić information content (AvgIpc) is 2.68. The second-order valence-electron chi connectivity index (χ2n) is 7.66. The molecule has 3 nitrogen and oxygen atoms in total. The van der Waals surface area contributed by atoms with Crippen LogP contribution in [0.4, 0.5) is 0 Å². The summed E-state index contributed by atoms with van der Waals surface area (Å²) in [6.45, 7) is 7.35. The summed E-state index contributed by atoms with van der Waals surface area (Å²) in [5.74, 6) is -0.813. The van der Waals surface area contributed by atoms with Gasteiger partial charge >= 0.3 is 5.97 Å². The van der Waals surface area contributed by atoms with Crippen LogP contribution in [0.5, 0.6) is 0 Å². The van der Waals surface area contributed by atoms with Crippen molar-refractivity contribution in [1.29, 1.82) is 0 Å². The molecule has 0 aromatic heterocycles. The highest BCUT2D eigenvalue weighted by molar-refractivity contribution is 5.75. The maximum atomic E-state index is 11.3. The van der Waals surface area contributed by atoms with Gasteiger partial charge in [-0.1, -0.05) is 82.9 Å². The van der Waals surface area contributed by atoms with Crippen molar-refractivity contribution in [2.45, 2.75) is 64.9 Å². The first-order chi connectivity index (χ1) is 13.0. The van der Waals surface area contributed by atoms with Crippen molar-refractivity contribution < 1.29 is 14.6 Å². The molecule has 0 fully saturated rings. The number of unbranched alkanes of at least 4 members (excludes halogenated alkanes) is 3. The van der Waals surface area contributed by atoms with Gasteiger partial charge in [-0.3, -0.25) is 4.79 Å². The van der Waals surface area contributed by atoms with E-state index >= 15 is 0 Å². The highest BCUT2D eigenvalue weighted by Gasteiger charge is 2.33. The molecule has 0 heterocycles. The van der Waals surface area contributed by atoms with Crippen molar-refractivity contribution in [2.75, 3.05) is 6.61 Å². The van der Waals surface area contributed by atoms with Crippen LogP contribution in [-0.4, -0.2) is 17.7 Å². The molecule has 27 heavy (non-hydrogen) atoms. The van der Waals surface area contributed by atoms with Crippen molar-refractivity contribution in [3.8, 4) is 0 Å². The van der Waals surface area contributed by atoms with Crippen molar-refractivity contribution in [1.82, 2.24) is 0 Å². The Bertz CT molecular complexity index is 645. The number of carbonyl (C=O) groups is 1. The third-order valence-corrected chi connectivity index (χ3v) is 5.43. The molecule has 1 aromatic carbocycles. The lowest BCUT2D eigenvalue weighted by molar-refractivity contribution is -0.138. The zero-order chi connectivity index (χ0) is 19.7. The first-order valence-electron chi connectivity index (χ1n) is 10.4. The van der Waals surface area contributed by atoms with E-state index in [1.807, 2.05) is 18.2 Å². The van der Waals surface area contributed by atoms with E-state index in [0.717, 1.165) is 31.2 Å². The molecule has 0 saturated heterocycles. The smallest absolute Gasteiger partial charge is 0.314 e. The van der Waals surface area contributed by atoms with Gasteiger partial charge < -0.3 is 9.84 Å². The Hall–Kier alpha value is -1.87. The molecule has 2 rings (SSSR count). The molecule has 0 spiro atoms. The van der Waals surface area contributed by atoms with Crippen LogP contribution in [-0.2, 0) is 21.6 Å². The second-order valence-corrected chi connectivity index (χ2v) is 7.66. The Balaban J connectivity index is 2.29. The highest BCUT2D eigenvalue weighted by atomic mass is 16.5. The zero-order valence-corrected chi connectivity index (χ0v) is 17.0. The second kappa shape index (κ2) is 10.5. The van der Waals surface area contributed by atoms with E-state index in [1.165, 1.54) is 18.4 Å². The molecule has 0 radical (unpaired) electrons. The fourth-order valence-electron chi connectivity index (χ4n) is 3.50. The molecule has 1 aliphatic carbocycles. The van der Waals surface area contributed by atoms with Gasteiger partial charge in [-0.05, 0) is 42.0 Å². The molecule has 1 aliphatic rings. The summed E-state index contributed by atoms with van der Waals surface area (Å²) in [6, 6.07) is 8.42. The van der Waals surface area contributed by atoms with Gasteiger partial charge in [-0.2, -0.15) is 0 Å². The number of rotatable bonds is 11. The maximum Gasteiger partial charge on any atom is 0.314 e. The Morgan fingerprint density at radius 2 is 1.85 bits per heavy atom. The van der Waals surface area contributed by atoms with Crippen molar-refractivity contribution >= 4 is 5.97 Å². The van der Waals surface area contributed by atoms with Crippen LogP contribution in [0.15, 0.2) is 48.6 Å². The lowest BCUT2D eigenvalue weighted by Crippen LogP contribution is -2.30. The first-order valence-corrected chi connectivity index (χ1v) is 10.4. The number of carboxylic acid groups (broad SMARTS) is 1. The third kappa shape index (κ3) is 5.80. The molecule has 1 atom stereocenters. The topological polar surface area (TPSA) is 46.5 Å². The summed E-state index contributed by atoms with van der Waals surface area (Å²) in [5, 5.41) is 9.31. The van der Waals surface area contributed by atoms with Crippen molar-refractivity contribution in [2.24, 2.45) is 11.8 Å². The predicted octanol–water partition coefficient (Wildman–Crippen LogP) is 5.89. The molecule has 3 heteroatoms. The fraction of sp³-hybridized carbons (Fsp3) is 0.542. The van der Waals surface area contributed by atoms with Gasteiger partial charge in [0.2, 0.25) is 0 Å². The van der Waals surface area contributed by atoms with E-state index in [0.29, 0.717) is 12.5 Å². The van der Waals surface area contributed by atoms with E-state index in [4.69, 9.17) is 4.74 Å². The van der Waals surface area contributed by atoms with E-state index in [1.54, 1.807) is 12.2 Å². The standard InChI is InChI=1S/C24H34O3/c1-4-6-7-10-17-27-24(15-13-20(14-16-24)23(25)26)22-12-9-8-11-21(22)18-19(3)5-2/h8-9,11-16,19-20H,4-7,10,17-18H2,1-3H3,(H,25,26).